The van der Waals surface area contributed by atoms with E-state index in [1.807, 2.05) is 0 Å². The summed E-state index contributed by atoms with van der Waals surface area (Å²) in [6.07, 6.45) is 5.81. The minimum atomic E-state index is -0.603. The zero-order valence-electron chi connectivity index (χ0n) is 14.5. The monoisotopic (exact) mass is 345 g/mol. The van der Waals surface area contributed by atoms with Gasteiger partial charge in [0.05, 0.1) is 12.2 Å². The van der Waals surface area contributed by atoms with E-state index in [2.05, 4.69) is 5.32 Å². The van der Waals surface area contributed by atoms with Gasteiger partial charge in [0.15, 0.2) is 0 Å². The number of halogens is 1. The minimum absolute atomic E-state index is 0.0478. The number of hydrogen-bond acceptors (Lipinski definition) is 3. The summed E-state index contributed by atoms with van der Waals surface area (Å²) in [5.74, 6) is -1.27. The average molecular weight is 345 g/mol. The molecule has 1 amide bonds. The van der Waals surface area contributed by atoms with Gasteiger partial charge in [-0.2, -0.15) is 0 Å². The topological polar surface area (TPSA) is 55.4 Å². The molecule has 3 rings (SSSR count). The highest BCUT2D eigenvalue weighted by atomic mass is 19.1. The average Bonchev–Trinajstić information content (AvgIpc) is 2.60. The molecule has 0 bridgehead atoms. The van der Waals surface area contributed by atoms with E-state index in [0.717, 1.165) is 12.8 Å². The molecule has 134 valence electrons. The van der Waals surface area contributed by atoms with E-state index in [1.54, 1.807) is 25.1 Å². The van der Waals surface area contributed by atoms with Gasteiger partial charge in [0.25, 0.3) is 0 Å². The van der Waals surface area contributed by atoms with Crippen molar-refractivity contribution in [1.29, 1.82) is 0 Å². The molecule has 1 N–H and O–H groups in total. The van der Waals surface area contributed by atoms with Crippen LogP contribution in [0.25, 0.3) is 0 Å². The Labute approximate surface area is 147 Å². The van der Waals surface area contributed by atoms with Crippen LogP contribution in [0.4, 0.5) is 4.39 Å². The van der Waals surface area contributed by atoms with Crippen LogP contribution in [0.5, 0.6) is 0 Å². The van der Waals surface area contributed by atoms with Crippen LogP contribution < -0.4 is 5.32 Å². The summed E-state index contributed by atoms with van der Waals surface area (Å²) in [7, 11) is 0. The third-order valence-electron chi connectivity index (χ3n) is 5.14. The molecule has 2 aliphatic rings. The number of benzene rings is 1. The standard InChI is InChI=1S/C20H24FNO3/c1-13-19(20(24)25-12-14-7-3-2-4-8-14)16(11-18(23)22-13)15-9-5-6-10-17(15)21/h5-6,9-10,14,16H,2-4,7-8,11-12H2,1H3,(H,22,23)/t16-/m1/s1. The molecule has 0 unspecified atom stereocenters. The van der Waals surface area contributed by atoms with Crippen molar-refractivity contribution in [3.8, 4) is 0 Å². The summed E-state index contributed by atoms with van der Waals surface area (Å²) in [4.78, 5) is 24.6. The lowest BCUT2D eigenvalue weighted by Gasteiger charge is -2.28. The molecule has 0 spiro atoms. The molecule has 1 atom stereocenters. The van der Waals surface area contributed by atoms with E-state index in [1.165, 1.54) is 25.3 Å². The van der Waals surface area contributed by atoms with Gasteiger partial charge in [0, 0.05) is 18.0 Å². The number of amides is 1. The molecule has 5 heteroatoms. The number of rotatable bonds is 4. The molecular formula is C20H24FNO3. The molecule has 1 aliphatic heterocycles. The van der Waals surface area contributed by atoms with Crippen LogP contribution in [-0.4, -0.2) is 18.5 Å². The van der Waals surface area contributed by atoms with Gasteiger partial charge in [-0.05, 0) is 37.3 Å². The molecular weight excluding hydrogens is 321 g/mol. The Hall–Kier alpha value is -2.17. The van der Waals surface area contributed by atoms with Crippen LogP contribution in [0.3, 0.4) is 0 Å². The summed E-state index contributed by atoms with van der Waals surface area (Å²) >= 11 is 0. The number of carbonyl (C=O) groups excluding carboxylic acids is 2. The Kier molecular flexibility index (Phi) is 5.51. The van der Waals surface area contributed by atoms with E-state index >= 15 is 0 Å². The molecule has 1 saturated carbocycles. The van der Waals surface area contributed by atoms with Gasteiger partial charge in [0.2, 0.25) is 5.91 Å². The van der Waals surface area contributed by atoms with Crippen LogP contribution >= 0.6 is 0 Å². The maximum atomic E-state index is 14.2. The second-order valence-corrected chi connectivity index (χ2v) is 6.97. The molecule has 0 aromatic heterocycles. The normalized spacial score (nSPS) is 21.8. The fraction of sp³-hybridized carbons (Fsp3) is 0.500. The fourth-order valence-electron chi connectivity index (χ4n) is 3.82. The summed E-state index contributed by atoms with van der Waals surface area (Å²) in [6, 6.07) is 6.28. The zero-order chi connectivity index (χ0) is 17.8. The zero-order valence-corrected chi connectivity index (χ0v) is 14.5. The molecule has 4 nitrogen and oxygen atoms in total. The molecule has 25 heavy (non-hydrogen) atoms. The molecule has 1 aliphatic carbocycles. The Morgan fingerprint density at radius 3 is 2.68 bits per heavy atom. The number of ether oxygens (including phenoxy) is 1. The number of allylic oxidation sites excluding steroid dienone is 1. The third kappa shape index (κ3) is 4.09. The Balaban J connectivity index is 1.79. The van der Waals surface area contributed by atoms with Gasteiger partial charge >= 0.3 is 5.97 Å². The highest BCUT2D eigenvalue weighted by Crippen LogP contribution is 2.35. The summed E-state index contributed by atoms with van der Waals surface area (Å²) in [5, 5.41) is 2.68. The van der Waals surface area contributed by atoms with Crippen LogP contribution in [0.1, 0.15) is 56.9 Å². The molecule has 1 fully saturated rings. The Bertz CT molecular complexity index is 692. The summed E-state index contributed by atoms with van der Waals surface area (Å²) in [5.41, 5.74) is 1.18. The number of carbonyl (C=O) groups is 2. The third-order valence-corrected chi connectivity index (χ3v) is 5.14. The van der Waals surface area contributed by atoms with E-state index in [0.29, 0.717) is 29.4 Å². The van der Waals surface area contributed by atoms with Crippen molar-refractivity contribution in [3.05, 3.63) is 46.9 Å². The van der Waals surface area contributed by atoms with Crippen LogP contribution in [0.15, 0.2) is 35.5 Å². The Morgan fingerprint density at radius 1 is 1.24 bits per heavy atom. The van der Waals surface area contributed by atoms with Gasteiger partial charge in [-0.15, -0.1) is 0 Å². The predicted octanol–water partition coefficient (Wildman–Crippen LogP) is 3.83. The predicted molar refractivity (Wildman–Crippen MR) is 92.1 cm³/mol. The molecule has 1 aromatic rings. The SMILES string of the molecule is CC1=C(C(=O)OCC2CCCCC2)[C@@H](c2ccccc2F)CC(=O)N1. The lowest BCUT2D eigenvalue weighted by molar-refractivity contribution is -0.141. The largest absolute Gasteiger partial charge is 0.462 e. The van der Waals surface area contributed by atoms with Crippen LogP contribution in [-0.2, 0) is 14.3 Å². The highest BCUT2D eigenvalue weighted by molar-refractivity contribution is 5.95. The minimum Gasteiger partial charge on any atom is -0.462 e. The van der Waals surface area contributed by atoms with E-state index in [-0.39, 0.29) is 12.3 Å². The van der Waals surface area contributed by atoms with E-state index in [4.69, 9.17) is 4.74 Å². The number of esters is 1. The van der Waals surface area contributed by atoms with Crippen molar-refractivity contribution >= 4 is 11.9 Å². The van der Waals surface area contributed by atoms with Crippen molar-refractivity contribution in [1.82, 2.24) is 5.32 Å². The highest BCUT2D eigenvalue weighted by Gasteiger charge is 2.34. The first-order valence-electron chi connectivity index (χ1n) is 8.98. The summed E-state index contributed by atoms with van der Waals surface area (Å²) < 4.78 is 19.8. The smallest absolute Gasteiger partial charge is 0.336 e. The van der Waals surface area contributed by atoms with Crippen molar-refractivity contribution in [2.45, 2.75) is 51.4 Å². The molecule has 1 heterocycles. The molecule has 1 aromatic carbocycles. The molecule has 0 radical (unpaired) electrons. The van der Waals surface area contributed by atoms with Crippen molar-refractivity contribution in [2.75, 3.05) is 6.61 Å². The van der Waals surface area contributed by atoms with Gasteiger partial charge in [-0.25, -0.2) is 9.18 Å². The van der Waals surface area contributed by atoms with Crippen LogP contribution in [0, 0.1) is 11.7 Å². The van der Waals surface area contributed by atoms with E-state index in [9.17, 15) is 14.0 Å². The number of hydrogen-bond donors (Lipinski definition) is 1. The van der Waals surface area contributed by atoms with Crippen LogP contribution in [0.2, 0.25) is 0 Å². The first kappa shape index (κ1) is 17.6. The van der Waals surface area contributed by atoms with Crippen molar-refractivity contribution < 1.29 is 18.7 Å². The Morgan fingerprint density at radius 2 is 1.96 bits per heavy atom. The maximum Gasteiger partial charge on any atom is 0.336 e. The van der Waals surface area contributed by atoms with E-state index < -0.39 is 17.7 Å². The quantitative estimate of drug-likeness (QED) is 0.844. The lowest BCUT2D eigenvalue weighted by atomic mass is 9.84. The molecule has 0 saturated heterocycles. The van der Waals surface area contributed by atoms with Gasteiger partial charge in [0.1, 0.15) is 5.82 Å². The van der Waals surface area contributed by atoms with Gasteiger partial charge in [-0.3, -0.25) is 4.79 Å². The second-order valence-electron chi connectivity index (χ2n) is 6.97. The van der Waals surface area contributed by atoms with Gasteiger partial charge < -0.3 is 10.1 Å². The number of nitrogens with one attached hydrogen (secondary N) is 1. The van der Waals surface area contributed by atoms with Gasteiger partial charge in [-0.1, -0.05) is 37.5 Å². The summed E-state index contributed by atoms with van der Waals surface area (Å²) in [6.45, 7) is 2.07. The van der Waals surface area contributed by atoms with Crippen molar-refractivity contribution in [3.63, 3.8) is 0 Å². The van der Waals surface area contributed by atoms with Crippen molar-refractivity contribution in [2.24, 2.45) is 5.92 Å². The maximum absolute atomic E-state index is 14.2. The lowest BCUT2D eigenvalue weighted by Crippen LogP contribution is -2.35. The first-order chi connectivity index (χ1) is 12.1. The fourth-order valence-corrected chi connectivity index (χ4v) is 3.82. The second kappa shape index (κ2) is 7.81. The first-order valence-corrected chi connectivity index (χ1v) is 8.98.